The van der Waals surface area contributed by atoms with Crippen molar-refractivity contribution < 1.29 is 44.8 Å². The van der Waals surface area contributed by atoms with Crippen LogP contribution in [0, 0.1) is 6.61 Å². The summed E-state index contributed by atoms with van der Waals surface area (Å²) in [5, 5.41) is 57.7. The summed E-state index contributed by atoms with van der Waals surface area (Å²) in [7, 11) is 0. The van der Waals surface area contributed by atoms with E-state index in [2.05, 4.69) is 0 Å². The molecule has 0 unspecified atom stereocenters. The van der Waals surface area contributed by atoms with Crippen LogP contribution in [-0.4, -0.2) is 92.4 Å². The number of hydrogen-bond donors (Lipinski definition) is 6. The van der Waals surface area contributed by atoms with Gasteiger partial charge in [0, 0.05) is 0 Å². The molecule has 0 aromatic carbocycles. The first kappa shape index (κ1) is 17.0. The highest BCUT2D eigenvalue weighted by atomic mass is 16.7. The molecular weight excluding hydrogens is 288 g/mol. The normalized spacial score (nSPS) is 51.9. The van der Waals surface area contributed by atoms with Crippen molar-refractivity contribution in [2.75, 3.05) is 6.61 Å². The minimum Gasteiger partial charge on any atom is -0.394 e. The predicted molar refractivity (Wildman–Crippen MR) is 65.5 cm³/mol. The minimum absolute atomic E-state index is 0.492. The molecule has 2 rings (SSSR count). The number of aliphatic hydroxyl groups is 6. The highest BCUT2D eigenvalue weighted by Crippen LogP contribution is 2.27. The lowest BCUT2D eigenvalue weighted by Gasteiger charge is -2.43. The van der Waals surface area contributed by atoms with Crippen LogP contribution in [0.4, 0.5) is 0 Å². The highest BCUT2D eigenvalue weighted by Gasteiger charge is 2.47. The fourth-order valence-electron chi connectivity index (χ4n) is 2.35. The van der Waals surface area contributed by atoms with Gasteiger partial charge in [-0.15, -0.1) is 0 Å². The van der Waals surface area contributed by atoms with Crippen molar-refractivity contribution in [1.82, 2.24) is 0 Å². The molecule has 9 atom stereocenters. The zero-order chi connectivity index (χ0) is 15.7. The van der Waals surface area contributed by atoms with Crippen molar-refractivity contribution in [2.24, 2.45) is 0 Å². The van der Waals surface area contributed by atoms with Gasteiger partial charge in [-0.05, 0) is 6.92 Å². The molecule has 0 bridgehead atoms. The van der Waals surface area contributed by atoms with Gasteiger partial charge in [-0.25, -0.2) is 0 Å². The monoisotopic (exact) mass is 309 g/mol. The molecule has 2 fully saturated rings. The molecule has 2 heterocycles. The maximum absolute atomic E-state index is 9.89. The van der Waals surface area contributed by atoms with Crippen LogP contribution in [0.5, 0.6) is 0 Å². The molecule has 0 aromatic rings. The second kappa shape index (κ2) is 6.82. The molecule has 1 radical (unpaired) electrons. The Balaban J connectivity index is 2.07. The van der Waals surface area contributed by atoms with E-state index >= 15 is 0 Å². The first-order valence-corrected chi connectivity index (χ1v) is 6.67. The van der Waals surface area contributed by atoms with Crippen molar-refractivity contribution in [3.05, 3.63) is 6.61 Å². The van der Waals surface area contributed by atoms with Crippen molar-refractivity contribution in [3.63, 3.8) is 0 Å². The molecule has 9 heteroatoms. The number of rotatable bonds is 3. The van der Waals surface area contributed by atoms with Gasteiger partial charge in [0.15, 0.2) is 6.29 Å². The third-order valence-electron chi connectivity index (χ3n) is 3.73. The molecule has 0 amide bonds. The Morgan fingerprint density at radius 2 is 1.67 bits per heavy atom. The lowest BCUT2D eigenvalue weighted by atomic mass is 9.98. The third-order valence-corrected chi connectivity index (χ3v) is 3.73. The lowest BCUT2D eigenvalue weighted by molar-refractivity contribution is -0.327. The Labute approximate surface area is 121 Å². The fraction of sp³-hybridized carbons (Fsp3) is 0.917. The first-order chi connectivity index (χ1) is 9.86. The van der Waals surface area contributed by atoms with Crippen molar-refractivity contribution in [2.45, 2.75) is 62.0 Å². The van der Waals surface area contributed by atoms with Gasteiger partial charge in [-0.1, -0.05) is 0 Å². The third kappa shape index (κ3) is 3.36. The smallest absolute Gasteiger partial charge is 0.187 e. The van der Waals surface area contributed by atoms with Gasteiger partial charge in [0.05, 0.1) is 12.7 Å². The predicted octanol–water partition coefficient (Wildman–Crippen LogP) is -3.53. The average molecular weight is 309 g/mol. The summed E-state index contributed by atoms with van der Waals surface area (Å²) in [6.45, 7) is 1.97. The minimum atomic E-state index is -1.55. The molecular formula is C12H21O9. The fourth-order valence-corrected chi connectivity index (χ4v) is 2.35. The highest BCUT2D eigenvalue weighted by molar-refractivity contribution is 4.94. The Kier molecular flexibility index (Phi) is 5.52. The molecule has 2 aliphatic rings. The van der Waals surface area contributed by atoms with E-state index in [4.69, 9.17) is 14.2 Å². The van der Waals surface area contributed by atoms with Crippen LogP contribution in [0.2, 0.25) is 0 Å². The number of ether oxygens (including phenoxy) is 3. The van der Waals surface area contributed by atoms with Crippen LogP contribution in [0.15, 0.2) is 0 Å². The van der Waals surface area contributed by atoms with E-state index in [-0.39, 0.29) is 0 Å². The Bertz CT molecular complexity index is 339. The second-order valence-electron chi connectivity index (χ2n) is 5.26. The van der Waals surface area contributed by atoms with Gasteiger partial charge in [-0.3, -0.25) is 0 Å². The summed E-state index contributed by atoms with van der Waals surface area (Å²) in [4.78, 5) is 0. The largest absolute Gasteiger partial charge is 0.394 e. The van der Waals surface area contributed by atoms with Gasteiger partial charge in [-0.2, -0.15) is 0 Å². The summed E-state index contributed by atoms with van der Waals surface area (Å²) in [6, 6.07) is 0. The molecule has 21 heavy (non-hydrogen) atoms. The number of aliphatic hydroxyl groups excluding tert-OH is 6. The molecule has 0 saturated carbocycles. The number of hydrogen-bond acceptors (Lipinski definition) is 9. The zero-order valence-corrected chi connectivity index (χ0v) is 11.4. The van der Waals surface area contributed by atoms with E-state index < -0.39 is 61.7 Å². The van der Waals surface area contributed by atoms with E-state index in [0.29, 0.717) is 0 Å². The van der Waals surface area contributed by atoms with Gasteiger partial charge in [0.25, 0.3) is 0 Å². The van der Waals surface area contributed by atoms with Gasteiger partial charge in [0.2, 0.25) is 0 Å². The molecule has 9 nitrogen and oxygen atoms in total. The van der Waals surface area contributed by atoms with Crippen molar-refractivity contribution in [3.8, 4) is 0 Å². The summed E-state index contributed by atoms with van der Waals surface area (Å²) in [5.41, 5.74) is 0. The Morgan fingerprint density at radius 3 is 2.29 bits per heavy atom. The molecule has 123 valence electrons. The van der Waals surface area contributed by atoms with Crippen molar-refractivity contribution in [1.29, 1.82) is 0 Å². The summed E-state index contributed by atoms with van der Waals surface area (Å²) < 4.78 is 15.6. The van der Waals surface area contributed by atoms with Gasteiger partial charge < -0.3 is 44.8 Å². The molecule has 2 saturated heterocycles. The van der Waals surface area contributed by atoms with Crippen LogP contribution in [-0.2, 0) is 14.2 Å². The van der Waals surface area contributed by atoms with Gasteiger partial charge in [0.1, 0.15) is 49.3 Å². The SMILES string of the molecule is C[C@@H]1O[C@@H](O[C@@H]2[C@H](O)[C@@H](O)[CH]O[C@@H]2CO)[C@@H](O)[C@H](O)[C@@H]1O. The van der Waals surface area contributed by atoms with E-state index in [0.717, 1.165) is 6.61 Å². The Hall–Kier alpha value is -0.360. The molecule has 6 N–H and O–H groups in total. The van der Waals surface area contributed by atoms with Crippen LogP contribution in [0.3, 0.4) is 0 Å². The van der Waals surface area contributed by atoms with E-state index in [1.54, 1.807) is 0 Å². The standard InChI is InChI=1S/C12H21O9/c1-4-7(15)9(17)10(18)12(20-4)21-11-6(2-13)19-3-5(14)8(11)16/h3-18H,2H2,1H3/t4-,5-,6+,7+,8+,9+,10-,11-,12-/m0/s1. The van der Waals surface area contributed by atoms with E-state index in [1.807, 2.05) is 0 Å². The molecule has 2 aliphatic heterocycles. The van der Waals surface area contributed by atoms with E-state index in [9.17, 15) is 30.6 Å². The van der Waals surface area contributed by atoms with E-state index in [1.165, 1.54) is 6.92 Å². The second-order valence-corrected chi connectivity index (χ2v) is 5.26. The summed E-state index contributed by atoms with van der Waals surface area (Å²) in [6.07, 6.45) is -11.3. The lowest BCUT2D eigenvalue weighted by Crippen LogP contribution is -2.61. The first-order valence-electron chi connectivity index (χ1n) is 6.67. The quantitative estimate of drug-likeness (QED) is 0.312. The topological polar surface area (TPSA) is 149 Å². The van der Waals surface area contributed by atoms with Crippen LogP contribution in [0.1, 0.15) is 6.92 Å². The molecule has 0 spiro atoms. The summed E-state index contributed by atoms with van der Waals surface area (Å²) in [5.74, 6) is 0. The van der Waals surface area contributed by atoms with Crippen molar-refractivity contribution >= 4 is 0 Å². The van der Waals surface area contributed by atoms with Crippen LogP contribution in [0.25, 0.3) is 0 Å². The average Bonchev–Trinajstić information content (AvgIpc) is 2.47. The van der Waals surface area contributed by atoms with Crippen LogP contribution >= 0.6 is 0 Å². The molecule has 0 aromatic heterocycles. The maximum Gasteiger partial charge on any atom is 0.187 e. The molecule has 0 aliphatic carbocycles. The zero-order valence-electron chi connectivity index (χ0n) is 11.4. The van der Waals surface area contributed by atoms with Gasteiger partial charge >= 0.3 is 0 Å². The summed E-state index contributed by atoms with van der Waals surface area (Å²) >= 11 is 0. The Morgan fingerprint density at radius 1 is 1.00 bits per heavy atom. The van der Waals surface area contributed by atoms with Crippen LogP contribution < -0.4 is 0 Å². The maximum atomic E-state index is 9.89.